The summed E-state index contributed by atoms with van der Waals surface area (Å²) in [5.74, 6) is -0.612. The Labute approximate surface area is 183 Å². The van der Waals surface area contributed by atoms with Crippen LogP contribution in [0.25, 0.3) is 11.1 Å². The molecule has 0 radical (unpaired) electrons. The van der Waals surface area contributed by atoms with Crippen LogP contribution in [0.15, 0.2) is 59.6 Å². The van der Waals surface area contributed by atoms with E-state index < -0.39 is 6.04 Å². The van der Waals surface area contributed by atoms with Crippen molar-refractivity contribution in [2.75, 3.05) is 11.9 Å². The lowest BCUT2D eigenvalue weighted by molar-refractivity contribution is -0.121. The molecule has 156 valence electrons. The van der Waals surface area contributed by atoms with Crippen molar-refractivity contribution in [3.8, 4) is 11.1 Å². The molecule has 7 nitrogen and oxygen atoms in total. The Balaban J connectivity index is 1.37. The van der Waals surface area contributed by atoms with Gasteiger partial charge in [-0.25, -0.2) is 0 Å². The van der Waals surface area contributed by atoms with Crippen LogP contribution in [0.5, 0.6) is 0 Å². The van der Waals surface area contributed by atoms with Crippen molar-refractivity contribution in [1.29, 1.82) is 0 Å². The molecule has 0 bridgehead atoms. The van der Waals surface area contributed by atoms with E-state index in [1.54, 1.807) is 40.6 Å². The van der Waals surface area contributed by atoms with Crippen molar-refractivity contribution in [2.45, 2.75) is 24.9 Å². The number of benzene rings is 1. The predicted octanol–water partition coefficient (Wildman–Crippen LogP) is 3.17. The van der Waals surface area contributed by atoms with Crippen molar-refractivity contribution in [1.82, 2.24) is 15.2 Å². The van der Waals surface area contributed by atoms with Gasteiger partial charge in [0.05, 0.1) is 16.8 Å². The summed E-state index contributed by atoms with van der Waals surface area (Å²) in [6.07, 6.45) is 4.07. The van der Waals surface area contributed by atoms with E-state index in [9.17, 15) is 14.4 Å². The molecule has 5 rings (SSSR count). The van der Waals surface area contributed by atoms with E-state index in [-0.39, 0.29) is 23.8 Å². The third kappa shape index (κ3) is 3.70. The minimum absolute atomic E-state index is 0.160. The molecule has 0 spiro atoms. The fourth-order valence-electron chi connectivity index (χ4n) is 4.16. The fraction of sp³-hybridized carbons (Fsp3) is 0.217. The van der Waals surface area contributed by atoms with Crippen molar-refractivity contribution in [2.24, 2.45) is 0 Å². The molecular formula is C23H20N4O3S. The molecule has 8 heteroatoms. The largest absolute Gasteiger partial charge is 0.349 e. The maximum Gasteiger partial charge on any atom is 0.256 e. The highest BCUT2D eigenvalue weighted by atomic mass is 32.1. The van der Waals surface area contributed by atoms with Crippen LogP contribution in [0.2, 0.25) is 0 Å². The number of anilines is 1. The van der Waals surface area contributed by atoms with Crippen LogP contribution in [0.4, 0.5) is 5.69 Å². The first-order valence-corrected chi connectivity index (χ1v) is 11.0. The summed E-state index contributed by atoms with van der Waals surface area (Å²) in [4.78, 5) is 44.4. The van der Waals surface area contributed by atoms with Crippen molar-refractivity contribution in [3.05, 3.63) is 70.7 Å². The number of aromatic nitrogens is 1. The second kappa shape index (κ2) is 7.96. The SMILES string of the molecule is O=C(N[C@H]1CCN2C(=O)c3cc(-c4ccsc4)ccc3NC(=O)[C@@H]2C1)c1cccnc1. The third-order valence-corrected chi connectivity index (χ3v) is 6.47. The van der Waals surface area contributed by atoms with Crippen LogP contribution in [0.1, 0.15) is 33.6 Å². The molecule has 1 fully saturated rings. The number of fused-ring (bicyclic) bond motifs is 2. The zero-order valence-corrected chi connectivity index (χ0v) is 17.4. The lowest BCUT2D eigenvalue weighted by Crippen LogP contribution is -2.55. The Morgan fingerprint density at radius 2 is 2.10 bits per heavy atom. The minimum Gasteiger partial charge on any atom is -0.349 e. The molecule has 0 saturated carbocycles. The van der Waals surface area contributed by atoms with Crippen LogP contribution in [-0.2, 0) is 4.79 Å². The van der Waals surface area contributed by atoms with Crippen LogP contribution in [0.3, 0.4) is 0 Å². The molecule has 2 aromatic heterocycles. The Morgan fingerprint density at radius 3 is 2.87 bits per heavy atom. The summed E-state index contributed by atoms with van der Waals surface area (Å²) in [6, 6.07) is 10.1. The maximum atomic E-state index is 13.3. The number of piperidine rings is 1. The number of carbonyl (C=O) groups is 3. The van der Waals surface area contributed by atoms with Gasteiger partial charge in [-0.3, -0.25) is 19.4 Å². The number of hydrogen-bond acceptors (Lipinski definition) is 5. The van der Waals surface area contributed by atoms with E-state index in [0.29, 0.717) is 36.2 Å². The van der Waals surface area contributed by atoms with E-state index in [4.69, 9.17) is 0 Å². The first-order valence-electron chi connectivity index (χ1n) is 10.1. The molecule has 4 heterocycles. The first kappa shape index (κ1) is 19.4. The molecule has 2 aliphatic heterocycles. The summed E-state index contributed by atoms with van der Waals surface area (Å²) in [5.41, 5.74) is 3.49. The maximum absolute atomic E-state index is 13.3. The van der Waals surface area contributed by atoms with Gasteiger partial charge in [-0.2, -0.15) is 11.3 Å². The number of hydrogen-bond donors (Lipinski definition) is 2. The minimum atomic E-state index is -0.627. The quantitative estimate of drug-likeness (QED) is 0.665. The van der Waals surface area contributed by atoms with Gasteiger partial charge in [0.15, 0.2) is 0 Å². The molecule has 3 amide bonds. The van der Waals surface area contributed by atoms with E-state index in [2.05, 4.69) is 15.6 Å². The van der Waals surface area contributed by atoms with Gasteiger partial charge in [0.1, 0.15) is 6.04 Å². The van der Waals surface area contributed by atoms with Crippen LogP contribution in [0, 0.1) is 0 Å². The normalized spacial score (nSPS) is 20.3. The average Bonchev–Trinajstić information content (AvgIpc) is 3.31. The molecule has 2 N–H and O–H groups in total. The average molecular weight is 433 g/mol. The number of nitrogens with zero attached hydrogens (tertiary/aromatic N) is 2. The summed E-state index contributed by atoms with van der Waals surface area (Å²) in [6.45, 7) is 0.400. The predicted molar refractivity (Wildman–Crippen MR) is 118 cm³/mol. The molecule has 0 aliphatic carbocycles. The summed E-state index contributed by atoms with van der Waals surface area (Å²) < 4.78 is 0. The fourth-order valence-corrected chi connectivity index (χ4v) is 4.83. The third-order valence-electron chi connectivity index (χ3n) is 5.79. The zero-order valence-electron chi connectivity index (χ0n) is 16.6. The second-order valence-corrected chi connectivity index (χ2v) is 8.49. The molecule has 1 saturated heterocycles. The van der Waals surface area contributed by atoms with Crippen LogP contribution in [-0.4, -0.2) is 46.2 Å². The van der Waals surface area contributed by atoms with Crippen LogP contribution < -0.4 is 10.6 Å². The summed E-state index contributed by atoms with van der Waals surface area (Å²) >= 11 is 1.60. The molecule has 3 aromatic rings. The Morgan fingerprint density at radius 1 is 1.19 bits per heavy atom. The van der Waals surface area contributed by atoms with E-state index in [0.717, 1.165) is 11.1 Å². The van der Waals surface area contributed by atoms with E-state index in [1.807, 2.05) is 29.0 Å². The van der Waals surface area contributed by atoms with Crippen LogP contribution >= 0.6 is 11.3 Å². The highest BCUT2D eigenvalue weighted by Crippen LogP contribution is 2.32. The van der Waals surface area contributed by atoms with Gasteiger partial charge < -0.3 is 15.5 Å². The molecule has 2 aliphatic rings. The van der Waals surface area contributed by atoms with Gasteiger partial charge in [-0.15, -0.1) is 0 Å². The zero-order chi connectivity index (χ0) is 21.4. The standard InChI is InChI=1S/C23H20N4O3S/c28-21(15-2-1-7-24-12-15)25-17-5-8-27-20(11-17)22(29)26-19-4-3-14(10-18(19)23(27)30)16-6-9-31-13-16/h1-4,6-7,9-10,12-13,17,20H,5,8,11H2,(H,25,28)(H,26,29)/t17-,20-/m0/s1. The number of thiophene rings is 1. The highest BCUT2D eigenvalue weighted by molar-refractivity contribution is 7.08. The number of pyridine rings is 1. The van der Waals surface area contributed by atoms with E-state index in [1.165, 1.54) is 6.20 Å². The van der Waals surface area contributed by atoms with Crippen molar-refractivity contribution < 1.29 is 14.4 Å². The molecule has 1 aromatic carbocycles. The number of carbonyl (C=O) groups excluding carboxylic acids is 3. The molecule has 2 atom stereocenters. The smallest absolute Gasteiger partial charge is 0.256 e. The number of nitrogens with one attached hydrogen (secondary N) is 2. The summed E-state index contributed by atoms with van der Waals surface area (Å²) in [5, 5.41) is 9.91. The number of rotatable bonds is 3. The molecular weight excluding hydrogens is 412 g/mol. The van der Waals surface area contributed by atoms with Gasteiger partial charge in [-0.05, 0) is 65.1 Å². The van der Waals surface area contributed by atoms with Gasteiger partial charge in [0, 0.05) is 25.0 Å². The molecule has 31 heavy (non-hydrogen) atoms. The monoisotopic (exact) mass is 432 g/mol. The molecule has 0 unspecified atom stereocenters. The number of amides is 3. The second-order valence-electron chi connectivity index (χ2n) is 7.71. The lowest BCUT2D eigenvalue weighted by Gasteiger charge is -2.37. The van der Waals surface area contributed by atoms with E-state index >= 15 is 0 Å². The Bertz CT molecular complexity index is 1150. The topological polar surface area (TPSA) is 91.4 Å². The Hall–Kier alpha value is -3.52. The highest BCUT2D eigenvalue weighted by Gasteiger charge is 2.40. The van der Waals surface area contributed by atoms with Crippen molar-refractivity contribution >= 4 is 34.7 Å². The van der Waals surface area contributed by atoms with Gasteiger partial charge >= 0.3 is 0 Å². The van der Waals surface area contributed by atoms with Gasteiger partial charge in [0.2, 0.25) is 5.91 Å². The lowest BCUT2D eigenvalue weighted by atomic mass is 9.95. The van der Waals surface area contributed by atoms with Gasteiger partial charge in [0.25, 0.3) is 11.8 Å². The van der Waals surface area contributed by atoms with Crippen molar-refractivity contribution in [3.63, 3.8) is 0 Å². The summed E-state index contributed by atoms with van der Waals surface area (Å²) in [7, 11) is 0. The first-order chi connectivity index (χ1) is 15.1. The van der Waals surface area contributed by atoms with Gasteiger partial charge in [-0.1, -0.05) is 6.07 Å². The Kier molecular flexibility index (Phi) is 4.99.